The number of aliphatic carboxylic acids is 1. The highest BCUT2D eigenvalue weighted by Crippen LogP contribution is 2.38. The van der Waals surface area contributed by atoms with E-state index in [1.54, 1.807) is 6.92 Å². The van der Waals surface area contributed by atoms with Crippen molar-refractivity contribution in [3.8, 4) is 0 Å². The minimum Gasteiger partial charge on any atom is -0.481 e. The lowest BCUT2D eigenvalue weighted by molar-refractivity contribution is -0.141. The van der Waals surface area contributed by atoms with Crippen molar-refractivity contribution in [3.05, 3.63) is 35.4 Å². The average Bonchev–Trinajstić information content (AvgIpc) is 2.13. The number of rotatable bonds is 3. The number of carboxylic acids is 1. The molecule has 1 aromatic rings. The largest absolute Gasteiger partial charge is 0.481 e. The zero-order valence-corrected chi connectivity index (χ0v) is 8.23. The molecule has 2 atom stereocenters. The zero-order valence-electron chi connectivity index (χ0n) is 8.23. The van der Waals surface area contributed by atoms with Crippen LogP contribution in [0.1, 0.15) is 30.4 Å². The first-order chi connectivity index (χ1) is 6.68. The highest BCUT2D eigenvalue weighted by Gasteiger charge is 2.28. The molecule has 0 radical (unpaired) electrons. The fourth-order valence-electron chi connectivity index (χ4n) is 2.10. The molecule has 74 valence electrons. The second-order valence-corrected chi connectivity index (χ2v) is 4.07. The van der Waals surface area contributed by atoms with Gasteiger partial charge in [0.05, 0.1) is 5.92 Å². The summed E-state index contributed by atoms with van der Waals surface area (Å²) in [6.07, 6.45) is 1.82. The van der Waals surface area contributed by atoms with Gasteiger partial charge in [-0.3, -0.25) is 4.79 Å². The fourth-order valence-corrected chi connectivity index (χ4v) is 2.10. The van der Waals surface area contributed by atoms with Gasteiger partial charge < -0.3 is 5.11 Å². The molecule has 0 spiro atoms. The maximum Gasteiger partial charge on any atom is 0.306 e. The molecule has 1 aliphatic rings. The fraction of sp³-hybridized carbons (Fsp3) is 0.417. The molecule has 0 aromatic heterocycles. The molecule has 2 rings (SSSR count). The highest BCUT2D eigenvalue weighted by molar-refractivity contribution is 5.69. The van der Waals surface area contributed by atoms with E-state index in [2.05, 4.69) is 12.1 Å². The van der Waals surface area contributed by atoms with Crippen LogP contribution in [0.4, 0.5) is 0 Å². The van der Waals surface area contributed by atoms with E-state index in [1.165, 1.54) is 11.1 Å². The van der Waals surface area contributed by atoms with E-state index in [0.717, 1.165) is 12.8 Å². The molecule has 1 aromatic carbocycles. The van der Waals surface area contributed by atoms with Gasteiger partial charge in [0.25, 0.3) is 0 Å². The Balaban J connectivity index is 2.02. The first-order valence-corrected chi connectivity index (χ1v) is 4.99. The maximum absolute atomic E-state index is 10.7. The van der Waals surface area contributed by atoms with Crippen LogP contribution in [0.15, 0.2) is 24.3 Å². The van der Waals surface area contributed by atoms with Gasteiger partial charge in [0.15, 0.2) is 0 Å². The van der Waals surface area contributed by atoms with Gasteiger partial charge in [-0.15, -0.1) is 0 Å². The van der Waals surface area contributed by atoms with Crippen molar-refractivity contribution >= 4 is 5.97 Å². The van der Waals surface area contributed by atoms with Crippen LogP contribution in [0.3, 0.4) is 0 Å². The van der Waals surface area contributed by atoms with Crippen LogP contribution in [-0.2, 0) is 11.2 Å². The second kappa shape index (κ2) is 3.45. The third-order valence-corrected chi connectivity index (χ3v) is 3.02. The zero-order chi connectivity index (χ0) is 10.1. The van der Waals surface area contributed by atoms with Gasteiger partial charge in [-0.05, 0) is 29.9 Å². The van der Waals surface area contributed by atoms with Crippen molar-refractivity contribution in [2.45, 2.75) is 25.7 Å². The van der Waals surface area contributed by atoms with Crippen molar-refractivity contribution in [1.82, 2.24) is 0 Å². The van der Waals surface area contributed by atoms with Crippen molar-refractivity contribution in [1.29, 1.82) is 0 Å². The number of hydrogen-bond acceptors (Lipinski definition) is 1. The van der Waals surface area contributed by atoms with Crippen LogP contribution in [0.5, 0.6) is 0 Å². The van der Waals surface area contributed by atoms with Gasteiger partial charge in [-0.1, -0.05) is 31.2 Å². The molecule has 2 nitrogen and oxygen atoms in total. The third kappa shape index (κ3) is 1.52. The van der Waals surface area contributed by atoms with Crippen LogP contribution >= 0.6 is 0 Å². The maximum atomic E-state index is 10.7. The third-order valence-electron chi connectivity index (χ3n) is 3.02. The van der Waals surface area contributed by atoms with Crippen LogP contribution in [0, 0.1) is 5.92 Å². The molecular formula is C12H14O2. The molecule has 0 aliphatic heterocycles. The predicted octanol–water partition coefficient (Wildman–Crippen LogP) is 2.44. The molecule has 14 heavy (non-hydrogen) atoms. The molecule has 0 amide bonds. The van der Waals surface area contributed by atoms with Crippen molar-refractivity contribution in [2.24, 2.45) is 5.92 Å². The van der Waals surface area contributed by atoms with E-state index in [0.29, 0.717) is 5.92 Å². The molecule has 1 aliphatic carbocycles. The molecule has 0 fully saturated rings. The number of hydrogen-bond donors (Lipinski definition) is 1. The summed E-state index contributed by atoms with van der Waals surface area (Å²) in [7, 11) is 0. The Hall–Kier alpha value is -1.31. The summed E-state index contributed by atoms with van der Waals surface area (Å²) in [5.74, 6) is -0.444. The second-order valence-electron chi connectivity index (χ2n) is 4.07. The molecule has 0 bridgehead atoms. The average molecular weight is 190 g/mol. The van der Waals surface area contributed by atoms with E-state index in [-0.39, 0.29) is 5.92 Å². The Morgan fingerprint density at radius 2 is 2.29 bits per heavy atom. The molecular weight excluding hydrogens is 176 g/mol. The summed E-state index contributed by atoms with van der Waals surface area (Å²) in [5, 5.41) is 8.80. The Morgan fingerprint density at radius 1 is 1.57 bits per heavy atom. The monoisotopic (exact) mass is 190 g/mol. The predicted molar refractivity (Wildman–Crippen MR) is 54.3 cm³/mol. The number of carboxylic acid groups (broad SMARTS) is 1. The summed E-state index contributed by atoms with van der Waals surface area (Å²) >= 11 is 0. The van der Waals surface area contributed by atoms with Gasteiger partial charge >= 0.3 is 5.97 Å². The van der Waals surface area contributed by atoms with Gasteiger partial charge in [0.1, 0.15) is 0 Å². The molecule has 0 heterocycles. The lowest BCUT2D eigenvalue weighted by Crippen LogP contribution is -2.22. The highest BCUT2D eigenvalue weighted by atomic mass is 16.4. The quantitative estimate of drug-likeness (QED) is 0.794. The minimum atomic E-state index is -0.686. The number of carbonyl (C=O) groups is 1. The van der Waals surface area contributed by atoms with Crippen LogP contribution < -0.4 is 0 Å². The molecule has 2 unspecified atom stereocenters. The number of fused-ring (bicyclic) bond motifs is 1. The van der Waals surface area contributed by atoms with E-state index in [9.17, 15) is 4.79 Å². The minimum absolute atomic E-state index is 0.228. The van der Waals surface area contributed by atoms with E-state index >= 15 is 0 Å². The standard InChI is InChI=1S/C12H14O2/c1-8(12(13)14)6-10-7-9-4-2-3-5-11(9)10/h2-5,8,10H,6-7H2,1H3,(H,13,14). The summed E-state index contributed by atoms with van der Waals surface area (Å²) in [6.45, 7) is 1.78. The SMILES string of the molecule is CC(CC1Cc2ccccc21)C(=O)O. The molecule has 2 heteroatoms. The summed E-state index contributed by atoms with van der Waals surface area (Å²) in [6, 6.07) is 8.29. The van der Waals surface area contributed by atoms with Crippen LogP contribution in [0.2, 0.25) is 0 Å². The molecule has 0 saturated carbocycles. The smallest absolute Gasteiger partial charge is 0.306 e. The van der Waals surface area contributed by atoms with E-state index in [4.69, 9.17) is 5.11 Å². The van der Waals surface area contributed by atoms with Crippen LogP contribution in [-0.4, -0.2) is 11.1 Å². The first kappa shape index (κ1) is 9.25. The van der Waals surface area contributed by atoms with E-state index < -0.39 is 5.97 Å². The van der Waals surface area contributed by atoms with Gasteiger partial charge in [-0.2, -0.15) is 0 Å². The van der Waals surface area contributed by atoms with Crippen molar-refractivity contribution in [3.63, 3.8) is 0 Å². The lowest BCUT2D eigenvalue weighted by atomic mass is 9.73. The van der Waals surface area contributed by atoms with Gasteiger partial charge in [-0.25, -0.2) is 0 Å². The van der Waals surface area contributed by atoms with Gasteiger partial charge in [0.2, 0.25) is 0 Å². The Morgan fingerprint density at radius 3 is 2.93 bits per heavy atom. The van der Waals surface area contributed by atoms with Crippen LogP contribution in [0.25, 0.3) is 0 Å². The van der Waals surface area contributed by atoms with Gasteiger partial charge in [0, 0.05) is 0 Å². The topological polar surface area (TPSA) is 37.3 Å². The van der Waals surface area contributed by atoms with Crippen molar-refractivity contribution in [2.75, 3.05) is 0 Å². The first-order valence-electron chi connectivity index (χ1n) is 4.99. The molecule has 1 N–H and O–H groups in total. The Labute approximate surface area is 83.6 Å². The molecule has 0 saturated heterocycles. The summed E-state index contributed by atoms with van der Waals surface area (Å²) < 4.78 is 0. The normalized spacial score (nSPS) is 20.8. The van der Waals surface area contributed by atoms with E-state index in [1.807, 2.05) is 12.1 Å². The lowest BCUT2D eigenvalue weighted by Gasteiger charge is -2.31. The summed E-state index contributed by atoms with van der Waals surface area (Å²) in [4.78, 5) is 10.7. The Bertz CT molecular complexity index is 357. The Kier molecular flexibility index (Phi) is 2.28. The van der Waals surface area contributed by atoms with Crippen molar-refractivity contribution < 1.29 is 9.90 Å². The number of benzene rings is 1. The summed E-state index contributed by atoms with van der Waals surface area (Å²) in [5.41, 5.74) is 2.73.